The van der Waals surface area contributed by atoms with Crippen LogP contribution in [0.4, 0.5) is 0 Å². The van der Waals surface area contributed by atoms with E-state index in [1.165, 1.54) is 12.3 Å². The lowest BCUT2D eigenvalue weighted by Crippen LogP contribution is -2.27. The average Bonchev–Trinajstić information content (AvgIpc) is 3.42. The number of carbonyl (C=O) groups is 2. The first kappa shape index (κ1) is 20.6. The number of hydrogen-bond donors (Lipinski definition) is 0. The Labute approximate surface area is 182 Å². The summed E-state index contributed by atoms with van der Waals surface area (Å²) in [6, 6.07) is 8.00. The summed E-state index contributed by atoms with van der Waals surface area (Å²) in [5.41, 5.74) is 0.351. The van der Waals surface area contributed by atoms with E-state index in [9.17, 15) is 14.2 Å². The van der Waals surface area contributed by atoms with Gasteiger partial charge < -0.3 is 22.9 Å². The topological polar surface area (TPSA) is 114 Å². The summed E-state index contributed by atoms with van der Waals surface area (Å²) < 4.78 is 41.7. The van der Waals surface area contributed by atoms with Crippen LogP contribution in [0.3, 0.4) is 0 Å². The van der Waals surface area contributed by atoms with Crippen molar-refractivity contribution >= 4 is 24.5 Å². The summed E-state index contributed by atoms with van der Waals surface area (Å²) in [4.78, 5) is 30.7. The second kappa shape index (κ2) is 7.70. The first-order chi connectivity index (χ1) is 15.5. The Bertz CT molecular complexity index is 1300. The lowest BCUT2D eigenvalue weighted by molar-refractivity contribution is 0.0957. The van der Waals surface area contributed by atoms with Crippen LogP contribution in [0.25, 0.3) is 11.3 Å². The van der Waals surface area contributed by atoms with E-state index in [-0.39, 0.29) is 53.7 Å². The van der Waals surface area contributed by atoms with Crippen LogP contribution in [0.15, 0.2) is 40.9 Å². The van der Waals surface area contributed by atoms with Gasteiger partial charge in [0, 0.05) is 11.8 Å². The lowest BCUT2D eigenvalue weighted by Gasteiger charge is -2.19. The maximum Gasteiger partial charge on any atom is 0.366 e. The molecule has 9 nitrogen and oxygen atoms in total. The maximum absolute atomic E-state index is 13.9. The van der Waals surface area contributed by atoms with Gasteiger partial charge in [-0.2, -0.15) is 0 Å². The van der Waals surface area contributed by atoms with Crippen molar-refractivity contribution in [2.75, 3.05) is 20.0 Å². The van der Waals surface area contributed by atoms with E-state index in [4.69, 9.17) is 22.9 Å². The monoisotopic (exact) mass is 455 g/mol. The molecule has 0 N–H and O–H groups in total. The van der Waals surface area contributed by atoms with Crippen molar-refractivity contribution in [2.24, 2.45) is 0 Å². The van der Waals surface area contributed by atoms with Gasteiger partial charge >= 0.3 is 7.60 Å². The van der Waals surface area contributed by atoms with Crippen LogP contribution in [0.5, 0.6) is 11.5 Å². The molecule has 0 spiro atoms. The SMILES string of the molecule is CCOP(=O)(OCC)c1c(-c2ccc3c(c2)OCO3)oc2c1C(=O)c1ncccc1C2=O. The number of aromatic nitrogens is 1. The molecule has 0 saturated heterocycles. The Kier molecular flexibility index (Phi) is 4.97. The molecule has 10 heteroatoms. The molecule has 5 rings (SSSR count). The number of fused-ring (bicyclic) bond motifs is 3. The molecule has 0 radical (unpaired) electrons. The largest absolute Gasteiger partial charge is 0.454 e. The van der Waals surface area contributed by atoms with Crippen LogP contribution in [-0.2, 0) is 13.6 Å². The van der Waals surface area contributed by atoms with E-state index in [0.29, 0.717) is 17.1 Å². The third-order valence-electron chi connectivity index (χ3n) is 5.09. The van der Waals surface area contributed by atoms with Gasteiger partial charge in [0.2, 0.25) is 18.4 Å². The van der Waals surface area contributed by atoms with Gasteiger partial charge in [-0.05, 0) is 44.2 Å². The Morgan fingerprint density at radius 2 is 1.75 bits per heavy atom. The number of furan rings is 1. The number of ketones is 2. The highest BCUT2D eigenvalue weighted by Gasteiger charge is 2.46. The van der Waals surface area contributed by atoms with Crippen molar-refractivity contribution in [2.45, 2.75) is 13.8 Å². The smallest absolute Gasteiger partial charge is 0.366 e. The highest BCUT2D eigenvalue weighted by atomic mass is 31.2. The zero-order chi connectivity index (χ0) is 22.5. The zero-order valence-corrected chi connectivity index (χ0v) is 18.1. The summed E-state index contributed by atoms with van der Waals surface area (Å²) in [5, 5.41) is -0.0929. The molecule has 32 heavy (non-hydrogen) atoms. The molecule has 1 aromatic carbocycles. The molecule has 2 aliphatic rings. The molecular weight excluding hydrogens is 437 g/mol. The minimum atomic E-state index is -4.05. The molecule has 0 bridgehead atoms. The quantitative estimate of drug-likeness (QED) is 0.401. The van der Waals surface area contributed by atoms with Crippen molar-refractivity contribution in [3.63, 3.8) is 0 Å². The predicted molar refractivity (Wildman–Crippen MR) is 112 cm³/mol. The minimum absolute atomic E-state index is 0.0352. The second-order valence-electron chi connectivity index (χ2n) is 6.94. The average molecular weight is 455 g/mol. The molecule has 2 aromatic heterocycles. The van der Waals surface area contributed by atoms with Gasteiger partial charge in [0.15, 0.2) is 23.0 Å². The highest BCUT2D eigenvalue weighted by molar-refractivity contribution is 7.62. The molecule has 0 saturated carbocycles. The van der Waals surface area contributed by atoms with Crippen LogP contribution in [-0.4, -0.2) is 36.6 Å². The van der Waals surface area contributed by atoms with Gasteiger partial charge in [0.1, 0.15) is 11.0 Å². The number of pyridine rings is 1. The van der Waals surface area contributed by atoms with Crippen LogP contribution in [0.1, 0.15) is 46.0 Å². The molecule has 0 unspecified atom stereocenters. The van der Waals surface area contributed by atoms with Crippen molar-refractivity contribution in [1.82, 2.24) is 4.98 Å². The maximum atomic E-state index is 13.9. The van der Waals surface area contributed by atoms with Crippen LogP contribution in [0, 0.1) is 0 Å². The normalized spacial score (nSPS) is 14.4. The summed E-state index contributed by atoms with van der Waals surface area (Å²) in [7, 11) is -4.05. The van der Waals surface area contributed by atoms with Gasteiger partial charge in [-0.3, -0.25) is 19.1 Å². The van der Waals surface area contributed by atoms with Gasteiger partial charge in [-0.15, -0.1) is 0 Å². The summed E-state index contributed by atoms with van der Waals surface area (Å²) in [6.45, 7) is 3.47. The first-order valence-corrected chi connectivity index (χ1v) is 11.5. The van der Waals surface area contributed by atoms with E-state index in [0.717, 1.165) is 0 Å². The predicted octanol–water partition coefficient (Wildman–Crippen LogP) is 3.74. The third-order valence-corrected chi connectivity index (χ3v) is 7.26. The van der Waals surface area contributed by atoms with Crippen LogP contribution >= 0.6 is 7.60 Å². The number of hydrogen-bond acceptors (Lipinski definition) is 9. The Balaban J connectivity index is 1.81. The van der Waals surface area contributed by atoms with Crippen molar-refractivity contribution in [3.05, 3.63) is 59.1 Å². The lowest BCUT2D eigenvalue weighted by atomic mass is 9.92. The fourth-order valence-corrected chi connectivity index (χ4v) is 5.72. The standard InChI is InChI=1S/C22H18NO8P/c1-3-29-32(26,30-4-2)22-16-19(25)17-13(6-5-9-23-17)18(24)21(16)31-20(22)12-7-8-14-15(10-12)28-11-27-14/h5-10H,3-4,11H2,1-2H3. The Morgan fingerprint density at radius 3 is 2.50 bits per heavy atom. The molecule has 1 aliphatic carbocycles. The van der Waals surface area contributed by atoms with E-state index in [1.54, 1.807) is 38.1 Å². The molecule has 3 aromatic rings. The Hall–Kier alpha value is -3.26. The van der Waals surface area contributed by atoms with E-state index < -0.39 is 19.2 Å². The van der Waals surface area contributed by atoms with E-state index in [2.05, 4.69) is 4.98 Å². The third kappa shape index (κ3) is 3.01. The highest BCUT2D eigenvalue weighted by Crippen LogP contribution is 2.53. The Morgan fingerprint density at radius 1 is 1.00 bits per heavy atom. The fourth-order valence-electron chi connectivity index (χ4n) is 3.80. The van der Waals surface area contributed by atoms with Crippen LogP contribution < -0.4 is 14.8 Å². The molecular formula is C22H18NO8P. The van der Waals surface area contributed by atoms with Crippen molar-refractivity contribution in [3.8, 4) is 22.8 Å². The van der Waals surface area contributed by atoms with Gasteiger partial charge in [0.25, 0.3) is 0 Å². The summed E-state index contributed by atoms with van der Waals surface area (Å²) in [6.07, 6.45) is 1.41. The fraction of sp³-hybridized carbons (Fsp3) is 0.227. The molecule has 0 atom stereocenters. The molecule has 1 aliphatic heterocycles. The van der Waals surface area contributed by atoms with Gasteiger partial charge in [-0.25, -0.2) is 0 Å². The number of nitrogens with zero attached hydrogens (tertiary/aromatic N) is 1. The number of carbonyl (C=O) groups excluding carboxylic acids is 2. The number of ether oxygens (including phenoxy) is 2. The van der Waals surface area contributed by atoms with Crippen LogP contribution in [0.2, 0.25) is 0 Å². The van der Waals surface area contributed by atoms with E-state index in [1.807, 2.05) is 0 Å². The first-order valence-electron chi connectivity index (χ1n) is 9.99. The number of benzene rings is 1. The molecule has 0 amide bonds. The molecule has 0 fully saturated rings. The summed E-state index contributed by atoms with van der Waals surface area (Å²) in [5.74, 6) is -0.317. The minimum Gasteiger partial charge on any atom is -0.454 e. The zero-order valence-electron chi connectivity index (χ0n) is 17.2. The van der Waals surface area contributed by atoms with Crippen molar-refractivity contribution < 1.29 is 37.1 Å². The van der Waals surface area contributed by atoms with Gasteiger partial charge in [0.05, 0.1) is 24.3 Å². The second-order valence-corrected chi connectivity index (χ2v) is 8.90. The van der Waals surface area contributed by atoms with Gasteiger partial charge in [-0.1, -0.05) is 0 Å². The molecule has 164 valence electrons. The molecule has 3 heterocycles. The summed E-state index contributed by atoms with van der Waals surface area (Å²) >= 11 is 0. The van der Waals surface area contributed by atoms with E-state index >= 15 is 0 Å². The van der Waals surface area contributed by atoms with Crippen molar-refractivity contribution in [1.29, 1.82) is 0 Å². The number of rotatable bonds is 6.